The molecular weight excluding hydrogens is 422 g/mol. The molecule has 1 saturated heterocycles. The molecule has 0 bridgehead atoms. The van der Waals surface area contributed by atoms with Gasteiger partial charge in [0.1, 0.15) is 11.4 Å². The van der Waals surface area contributed by atoms with Crippen molar-refractivity contribution < 1.29 is 13.9 Å². The second-order valence-electron chi connectivity index (χ2n) is 9.44. The molecule has 0 radical (unpaired) electrons. The molecule has 30 heavy (non-hydrogen) atoms. The van der Waals surface area contributed by atoms with E-state index < -0.39 is 5.60 Å². The van der Waals surface area contributed by atoms with Crippen LogP contribution in [0.4, 0.5) is 9.93 Å². The minimum absolute atomic E-state index is 0.0527. The molecule has 0 spiro atoms. The molecule has 166 valence electrons. The number of carbonyl (C=O) groups excluding carboxylic acids is 1. The van der Waals surface area contributed by atoms with Crippen LogP contribution >= 0.6 is 23.1 Å². The highest BCUT2D eigenvalue weighted by atomic mass is 32.2. The lowest BCUT2D eigenvalue weighted by atomic mass is 9.94. The van der Waals surface area contributed by atoms with Crippen LogP contribution in [-0.4, -0.2) is 50.9 Å². The number of hydrogen-bond donors (Lipinski definition) is 1. The largest absolute Gasteiger partial charge is 0.444 e. The van der Waals surface area contributed by atoms with Crippen LogP contribution < -0.4 is 5.32 Å². The Kier molecular flexibility index (Phi) is 6.96. The molecule has 1 atom stereocenters. The first kappa shape index (κ1) is 22.9. The van der Waals surface area contributed by atoms with Crippen molar-refractivity contribution in [2.45, 2.75) is 81.5 Å². The summed E-state index contributed by atoms with van der Waals surface area (Å²) in [5.41, 5.74) is -0.539. The highest BCUT2D eigenvalue weighted by molar-refractivity contribution is 8.00. The van der Waals surface area contributed by atoms with E-state index in [1.807, 2.05) is 20.8 Å². The molecule has 3 heterocycles. The molecule has 3 rings (SSSR count). The van der Waals surface area contributed by atoms with Gasteiger partial charge >= 0.3 is 6.09 Å². The normalized spacial score (nSPS) is 17.8. The third-order valence-corrected chi connectivity index (χ3v) is 6.39. The second kappa shape index (κ2) is 9.13. The van der Waals surface area contributed by atoms with Crippen molar-refractivity contribution in [2.75, 3.05) is 18.4 Å². The molecule has 2 aromatic heterocycles. The van der Waals surface area contributed by atoms with Crippen LogP contribution in [0.25, 0.3) is 0 Å². The van der Waals surface area contributed by atoms with Gasteiger partial charge in [0.2, 0.25) is 11.0 Å². The van der Waals surface area contributed by atoms with E-state index in [1.165, 1.54) is 11.3 Å². The van der Waals surface area contributed by atoms with Crippen LogP contribution in [0.2, 0.25) is 0 Å². The van der Waals surface area contributed by atoms with E-state index in [1.54, 1.807) is 22.9 Å². The van der Waals surface area contributed by atoms with Gasteiger partial charge in [0, 0.05) is 24.5 Å². The Balaban J connectivity index is 1.50. The number of piperidine rings is 1. The van der Waals surface area contributed by atoms with Gasteiger partial charge in [0.15, 0.2) is 4.34 Å². The Morgan fingerprint density at radius 3 is 2.77 bits per heavy atom. The quantitative estimate of drug-likeness (QED) is 0.637. The number of carbonyl (C=O) groups is 1. The number of hydrogen-bond acceptors (Lipinski definition) is 9. The summed E-state index contributed by atoms with van der Waals surface area (Å²) in [4.78, 5) is 18.4. The summed E-state index contributed by atoms with van der Waals surface area (Å²) in [6, 6.07) is 0.137. The smallest absolute Gasteiger partial charge is 0.410 e. The van der Waals surface area contributed by atoms with Crippen LogP contribution in [0.5, 0.6) is 0 Å². The van der Waals surface area contributed by atoms with Crippen molar-refractivity contribution in [2.24, 2.45) is 0 Å². The number of thioether (sulfide) groups is 1. The van der Waals surface area contributed by atoms with Gasteiger partial charge in [-0.05, 0) is 33.6 Å². The number of oxazole rings is 1. The Morgan fingerprint density at radius 1 is 1.33 bits per heavy atom. The summed E-state index contributed by atoms with van der Waals surface area (Å²) in [5.74, 6) is 2.18. The number of nitrogens with zero attached hydrogens (tertiary/aromatic N) is 4. The van der Waals surface area contributed by atoms with Crippen LogP contribution in [0, 0.1) is 0 Å². The van der Waals surface area contributed by atoms with Crippen LogP contribution in [-0.2, 0) is 15.9 Å². The van der Waals surface area contributed by atoms with Crippen LogP contribution in [0.1, 0.15) is 66.0 Å². The first-order valence-corrected chi connectivity index (χ1v) is 12.0. The molecule has 0 aliphatic carbocycles. The van der Waals surface area contributed by atoms with E-state index in [2.05, 4.69) is 41.3 Å². The minimum Gasteiger partial charge on any atom is -0.444 e. The lowest BCUT2D eigenvalue weighted by Crippen LogP contribution is -2.46. The van der Waals surface area contributed by atoms with Gasteiger partial charge in [-0.2, -0.15) is 0 Å². The van der Waals surface area contributed by atoms with Gasteiger partial charge in [-0.15, -0.1) is 10.2 Å². The average molecular weight is 454 g/mol. The monoisotopic (exact) mass is 453 g/mol. The molecular formula is C20H31N5O3S2. The van der Waals surface area contributed by atoms with Crippen LogP contribution in [0.15, 0.2) is 15.0 Å². The number of ether oxygens (including phenoxy) is 1. The average Bonchev–Trinajstić information content (AvgIpc) is 3.28. The predicted octanol–water partition coefficient (Wildman–Crippen LogP) is 4.93. The van der Waals surface area contributed by atoms with E-state index in [9.17, 15) is 4.79 Å². The van der Waals surface area contributed by atoms with Gasteiger partial charge in [-0.3, -0.25) is 0 Å². The van der Waals surface area contributed by atoms with Crippen LogP contribution in [0.3, 0.4) is 0 Å². The summed E-state index contributed by atoms with van der Waals surface area (Å²) in [6.45, 7) is 13.3. The first-order valence-electron chi connectivity index (χ1n) is 10.2. The highest BCUT2D eigenvalue weighted by Crippen LogP contribution is 2.30. The summed E-state index contributed by atoms with van der Waals surface area (Å²) >= 11 is 3.06. The molecule has 2 aromatic rings. The maximum absolute atomic E-state index is 12.3. The maximum atomic E-state index is 12.3. The molecule has 1 N–H and O–H groups in total. The third-order valence-electron chi connectivity index (χ3n) is 4.42. The highest BCUT2D eigenvalue weighted by Gasteiger charge is 2.28. The van der Waals surface area contributed by atoms with Crippen molar-refractivity contribution in [1.82, 2.24) is 20.1 Å². The fourth-order valence-electron chi connectivity index (χ4n) is 2.94. The minimum atomic E-state index is -0.487. The molecule has 8 nitrogen and oxygen atoms in total. The Labute approximate surface area is 186 Å². The van der Waals surface area contributed by atoms with Crippen molar-refractivity contribution in [3.63, 3.8) is 0 Å². The van der Waals surface area contributed by atoms with Crippen molar-refractivity contribution in [3.05, 3.63) is 17.8 Å². The molecule has 1 fully saturated rings. The molecule has 10 heteroatoms. The van der Waals surface area contributed by atoms with Gasteiger partial charge in [0.05, 0.1) is 11.9 Å². The molecule has 0 saturated carbocycles. The lowest BCUT2D eigenvalue weighted by molar-refractivity contribution is 0.0206. The molecule has 1 aliphatic rings. The zero-order valence-electron chi connectivity index (χ0n) is 18.5. The van der Waals surface area contributed by atoms with Crippen molar-refractivity contribution in [3.8, 4) is 0 Å². The maximum Gasteiger partial charge on any atom is 0.410 e. The molecule has 1 aliphatic heterocycles. The summed E-state index contributed by atoms with van der Waals surface area (Å²) in [7, 11) is 0. The molecule has 0 unspecified atom stereocenters. The zero-order valence-corrected chi connectivity index (χ0v) is 20.2. The second-order valence-corrected chi connectivity index (χ2v) is 11.6. The van der Waals surface area contributed by atoms with E-state index in [0.717, 1.165) is 34.6 Å². The summed E-state index contributed by atoms with van der Waals surface area (Å²) < 4.78 is 12.2. The Morgan fingerprint density at radius 2 is 2.10 bits per heavy atom. The first-order chi connectivity index (χ1) is 14.0. The number of amides is 1. The van der Waals surface area contributed by atoms with Crippen molar-refractivity contribution in [1.29, 1.82) is 0 Å². The van der Waals surface area contributed by atoms with E-state index in [4.69, 9.17) is 9.15 Å². The number of aromatic nitrogens is 3. The predicted molar refractivity (Wildman–Crippen MR) is 119 cm³/mol. The molecule has 0 aromatic carbocycles. The third kappa shape index (κ3) is 6.60. The van der Waals surface area contributed by atoms with E-state index >= 15 is 0 Å². The van der Waals surface area contributed by atoms with Crippen molar-refractivity contribution >= 4 is 34.3 Å². The lowest BCUT2D eigenvalue weighted by Gasteiger charge is -2.34. The summed E-state index contributed by atoms with van der Waals surface area (Å²) in [5, 5.41) is 12.7. The topological polar surface area (TPSA) is 93.4 Å². The standard InChI is InChI=1S/C20H31N5O3S2/c1-19(2,3)14-10-21-15(27-14)12-29-17-24-23-16(30-17)22-13-8-7-9-25(11-13)18(26)28-20(4,5)6/h10,13H,7-9,11-12H2,1-6H3,(H,22,23)/t13-/m1/s1. The van der Waals surface area contributed by atoms with E-state index in [-0.39, 0.29) is 17.6 Å². The number of anilines is 1. The number of likely N-dealkylation sites (tertiary alicyclic amines) is 1. The Bertz CT molecular complexity index is 853. The SMILES string of the molecule is CC(C)(C)OC(=O)N1CCC[C@@H](Nc2nnc(SCc3ncc(C(C)(C)C)o3)s2)C1. The van der Waals surface area contributed by atoms with Gasteiger partial charge < -0.3 is 19.4 Å². The fourth-order valence-corrected chi connectivity index (χ4v) is 4.62. The zero-order chi connectivity index (χ0) is 21.9. The number of rotatable bonds is 5. The Hall–Kier alpha value is -1.81. The van der Waals surface area contributed by atoms with Gasteiger partial charge in [0.25, 0.3) is 0 Å². The van der Waals surface area contributed by atoms with Gasteiger partial charge in [-0.1, -0.05) is 43.9 Å². The van der Waals surface area contributed by atoms with E-state index in [0.29, 0.717) is 18.2 Å². The fraction of sp³-hybridized carbons (Fsp3) is 0.700. The van der Waals surface area contributed by atoms with Gasteiger partial charge in [-0.25, -0.2) is 9.78 Å². The summed E-state index contributed by atoms with van der Waals surface area (Å²) in [6.07, 6.45) is 3.44. The number of nitrogens with one attached hydrogen (secondary N) is 1. The molecule has 1 amide bonds.